The molecule has 0 radical (unpaired) electrons. The molecule has 0 saturated carbocycles. The number of nitrogens with one attached hydrogen (secondary N) is 2. The Hall–Kier alpha value is -1.18. The molecule has 0 aromatic rings. The van der Waals surface area contributed by atoms with Crippen LogP contribution in [0.15, 0.2) is 0 Å². The highest BCUT2D eigenvalue weighted by molar-refractivity contribution is 5.74. The minimum atomic E-state index is -1.17. The van der Waals surface area contributed by atoms with Crippen LogP contribution >= 0.6 is 0 Å². The molecule has 0 aliphatic carbocycles. The fourth-order valence-electron chi connectivity index (χ4n) is 1.01. The molecule has 1 aliphatic heterocycles. The first-order valence-corrected chi connectivity index (χ1v) is 5.15. The van der Waals surface area contributed by atoms with E-state index in [1.165, 1.54) is 0 Å². The topological polar surface area (TPSA) is 125 Å². The van der Waals surface area contributed by atoms with Gasteiger partial charge in [0.15, 0.2) is 0 Å². The number of carboxylic acids is 2. The summed E-state index contributed by atoms with van der Waals surface area (Å²) in [6.45, 7) is 4.56. The lowest BCUT2D eigenvalue weighted by Crippen LogP contribution is -2.39. The summed E-state index contributed by atoms with van der Waals surface area (Å²) >= 11 is 0. The Morgan fingerprint density at radius 1 is 1.12 bits per heavy atom. The van der Waals surface area contributed by atoms with Crippen LogP contribution in [0.2, 0.25) is 0 Å². The summed E-state index contributed by atoms with van der Waals surface area (Å²) in [5.41, 5.74) is 5.00. The molecule has 1 unspecified atom stereocenters. The van der Waals surface area contributed by atoms with Crippen LogP contribution in [0.1, 0.15) is 12.8 Å². The Labute approximate surface area is 94.0 Å². The van der Waals surface area contributed by atoms with Crippen LogP contribution < -0.4 is 16.4 Å². The molecule has 16 heavy (non-hydrogen) atoms. The number of hydrogen-bond acceptors (Lipinski definition) is 5. The fraction of sp³-hybridized carbons (Fsp3) is 0.778. The van der Waals surface area contributed by atoms with Crippen molar-refractivity contribution in [3.63, 3.8) is 0 Å². The van der Waals surface area contributed by atoms with Gasteiger partial charge in [-0.15, -0.1) is 0 Å². The zero-order valence-corrected chi connectivity index (χ0v) is 9.11. The van der Waals surface area contributed by atoms with Crippen LogP contribution in [0, 0.1) is 0 Å². The third-order valence-corrected chi connectivity index (χ3v) is 1.94. The van der Waals surface area contributed by atoms with Crippen LogP contribution in [0.4, 0.5) is 0 Å². The van der Waals surface area contributed by atoms with Crippen molar-refractivity contribution in [3.8, 4) is 0 Å². The van der Waals surface area contributed by atoms with Crippen molar-refractivity contribution in [2.24, 2.45) is 5.73 Å². The summed E-state index contributed by atoms with van der Waals surface area (Å²) in [7, 11) is 0. The Kier molecular flexibility index (Phi) is 8.41. The van der Waals surface area contributed by atoms with Crippen LogP contribution in [0.5, 0.6) is 0 Å². The van der Waals surface area contributed by atoms with Crippen molar-refractivity contribution < 1.29 is 19.8 Å². The average molecular weight is 233 g/mol. The minimum absolute atomic E-state index is 0.0231. The van der Waals surface area contributed by atoms with E-state index in [0.717, 1.165) is 26.2 Å². The second kappa shape index (κ2) is 9.08. The van der Waals surface area contributed by atoms with E-state index < -0.39 is 18.0 Å². The highest BCUT2D eigenvalue weighted by atomic mass is 16.4. The molecule has 6 N–H and O–H groups in total. The van der Waals surface area contributed by atoms with Gasteiger partial charge in [-0.3, -0.25) is 9.59 Å². The van der Waals surface area contributed by atoms with Crippen molar-refractivity contribution in [2.45, 2.75) is 18.9 Å². The summed E-state index contributed by atoms with van der Waals surface area (Å²) in [5.74, 6) is -2.20. The van der Waals surface area contributed by atoms with Gasteiger partial charge in [0.1, 0.15) is 6.04 Å². The number of nitrogens with two attached hydrogens (primary N) is 1. The molecule has 7 nitrogen and oxygen atoms in total. The van der Waals surface area contributed by atoms with Crippen molar-refractivity contribution in [3.05, 3.63) is 0 Å². The fourth-order valence-corrected chi connectivity index (χ4v) is 1.01. The first-order valence-electron chi connectivity index (χ1n) is 5.15. The lowest BCUT2D eigenvalue weighted by atomic mass is 10.2. The van der Waals surface area contributed by atoms with Gasteiger partial charge in [-0.1, -0.05) is 0 Å². The maximum atomic E-state index is 9.99. The van der Waals surface area contributed by atoms with E-state index in [-0.39, 0.29) is 12.8 Å². The van der Waals surface area contributed by atoms with Gasteiger partial charge in [-0.05, 0) is 6.42 Å². The van der Waals surface area contributed by atoms with Gasteiger partial charge in [0.2, 0.25) is 0 Å². The molecule has 1 aliphatic rings. The van der Waals surface area contributed by atoms with Crippen molar-refractivity contribution >= 4 is 11.9 Å². The van der Waals surface area contributed by atoms with E-state index in [2.05, 4.69) is 10.6 Å². The quantitative estimate of drug-likeness (QED) is 0.398. The Morgan fingerprint density at radius 2 is 1.56 bits per heavy atom. The average Bonchev–Trinajstić information content (AvgIpc) is 2.28. The molecule has 1 fully saturated rings. The molecule has 0 spiro atoms. The van der Waals surface area contributed by atoms with E-state index in [1.807, 2.05) is 0 Å². The SMILES string of the molecule is C1CNCCN1.NC(CCC(=O)O)C(=O)O. The van der Waals surface area contributed by atoms with Gasteiger partial charge in [-0.2, -0.15) is 0 Å². The molecular formula is C9H19N3O4. The van der Waals surface area contributed by atoms with Crippen LogP contribution in [0.25, 0.3) is 0 Å². The monoisotopic (exact) mass is 233 g/mol. The Morgan fingerprint density at radius 3 is 1.81 bits per heavy atom. The highest BCUT2D eigenvalue weighted by Crippen LogP contribution is 1.93. The summed E-state index contributed by atoms with van der Waals surface area (Å²) in [5, 5.41) is 22.7. The van der Waals surface area contributed by atoms with Gasteiger partial charge >= 0.3 is 11.9 Å². The van der Waals surface area contributed by atoms with Crippen LogP contribution in [-0.2, 0) is 9.59 Å². The molecule has 1 saturated heterocycles. The predicted molar refractivity (Wildman–Crippen MR) is 58.2 cm³/mol. The zero-order chi connectivity index (χ0) is 12.4. The third kappa shape index (κ3) is 9.38. The minimum Gasteiger partial charge on any atom is -0.481 e. The standard InChI is InChI=1S/C5H9NO4.C4H10N2/c6-3(5(9)10)1-2-4(7)8;1-2-6-4-3-5-1/h3H,1-2,6H2,(H,7,8)(H,9,10);5-6H,1-4H2. The number of hydrogen-bond donors (Lipinski definition) is 5. The number of carbonyl (C=O) groups is 2. The lowest BCUT2D eigenvalue weighted by molar-refractivity contribution is -0.139. The highest BCUT2D eigenvalue weighted by Gasteiger charge is 2.12. The molecule has 0 bridgehead atoms. The van der Waals surface area contributed by atoms with Gasteiger partial charge in [-0.25, -0.2) is 0 Å². The summed E-state index contributed by atoms with van der Waals surface area (Å²) < 4.78 is 0. The predicted octanol–water partition coefficient (Wildman–Crippen LogP) is -1.56. The van der Waals surface area contributed by atoms with Gasteiger partial charge in [0.25, 0.3) is 0 Å². The molecule has 0 aromatic carbocycles. The zero-order valence-electron chi connectivity index (χ0n) is 9.11. The Balaban J connectivity index is 0.000000315. The number of piperazine rings is 1. The van der Waals surface area contributed by atoms with E-state index in [0.29, 0.717) is 0 Å². The molecule has 1 rings (SSSR count). The first-order chi connectivity index (χ1) is 7.54. The molecular weight excluding hydrogens is 214 g/mol. The van der Waals surface area contributed by atoms with Gasteiger partial charge in [0.05, 0.1) is 0 Å². The summed E-state index contributed by atoms with van der Waals surface area (Å²) in [4.78, 5) is 19.9. The van der Waals surface area contributed by atoms with Crippen LogP contribution in [0.3, 0.4) is 0 Å². The van der Waals surface area contributed by atoms with Gasteiger partial charge < -0.3 is 26.6 Å². The largest absolute Gasteiger partial charge is 0.481 e. The number of aliphatic carboxylic acids is 2. The number of rotatable bonds is 4. The molecule has 7 heteroatoms. The van der Waals surface area contributed by atoms with E-state index in [9.17, 15) is 9.59 Å². The van der Waals surface area contributed by atoms with E-state index >= 15 is 0 Å². The number of carboxylic acid groups (broad SMARTS) is 2. The van der Waals surface area contributed by atoms with E-state index in [4.69, 9.17) is 15.9 Å². The smallest absolute Gasteiger partial charge is 0.320 e. The molecule has 1 heterocycles. The molecule has 1 atom stereocenters. The van der Waals surface area contributed by atoms with Crippen LogP contribution in [-0.4, -0.2) is 54.4 Å². The van der Waals surface area contributed by atoms with Crippen molar-refractivity contribution in [1.29, 1.82) is 0 Å². The maximum Gasteiger partial charge on any atom is 0.320 e. The molecule has 94 valence electrons. The Bertz CT molecular complexity index is 207. The second-order valence-electron chi connectivity index (χ2n) is 3.38. The molecule has 0 amide bonds. The lowest BCUT2D eigenvalue weighted by Gasteiger charge is -2.11. The summed E-state index contributed by atoms with van der Waals surface area (Å²) in [6, 6.07) is -1.06. The van der Waals surface area contributed by atoms with Gasteiger partial charge in [0, 0.05) is 32.6 Å². The normalized spacial score (nSPS) is 16.8. The third-order valence-electron chi connectivity index (χ3n) is 1.94. The van der Waals surface area contributed by atoms with Crippen molar-refractivity contribution in [2.75, 3.05) is 26.2 Å². The summed E-state index contributed by atoms with van der Waals surface area (Å²) in [6.07, 6.45) is -0.224. The second-order valence-corrected chi connectivity index (χ2v) is 3.38. The van der Waals surface area contributed by atoms with E-state index in [1.54, 1.807) is 0 Å². The van der Waals surface area contributed by atoms with Crippen molar-refractivity contribution in [1.82, 2.24) is 10.6 Å². The first kappa shape index (κ1) is 14.8. The molecule has 0 aromatic heterocycles. The maximum absolute atomic E-state index is 9.99.